The van der Waals surface area contributed by atoms with Crippen molar-refractivity contribution in [2.24, 2.45) is 22.4 Å². The first-order valence-electron chi connectivity index (χ1n) is 5.91. The molecular weight excluding hydrogens is 355 g/mol. The van der Waals surface area contributed by atoms with Gasteiger partial charge in [-0.15, -0.1) is 24.0 Å². The molecule has 0 unspecified atom stereocenters. The molecule has 0 fully saturated rings. The van der Waals surface area contributed by atoms with Crippen LogP contribution in [0.3, 0.4) is 0 Å². The average molecular weight is 376 g/mol. The van der Waals surface area contributed by atoms with Gasteiger partial charge in [0.05, 0.1) is 6.54 Å². The van der Waals surface area contributed by atoms with E-state index in [0.717, 1.165) is 12.1 Å². The van der Waals surface area contributed by atoms with E-state index in [2.05, 4.69) is 24.2 Å². The van der Waals surface area contributed by atoms with Crippen molar-refractivity contribution in [2.75, 3.05) is 6.54 Å². The Bertz CT molecular complexity index is 429. The maximum Gasteiger partial charge on any atom is 0.248 e. The van der Waals surface area contributed by atoms with Crippen molar-refractivity contribution in [2.45, 2.75) is 20.4 Å². The number of amides is 1. The topological polar surface area (TPSA) is 93.5 Å². The van der Waals surface area contributed by atoms with E-state index in [1.54, 1.807) is 12.1 Å². The molecule has 1 amide bonds. The number of halogens is 1. The van der Waals surface area contributed by atoms with Crippen molar-refractivity contribution in [3.05, 3.63) is 35.4 Å². The Labute approximate surface area is 130 Å². The Morgan fingerprint density at radius 2 is 1.84 bits per heavy atom. The predicted molar refractivity (Wildman–Crippen MR) is 88.5 cm³/mol. The summed E-state index contributed by atoms with van der Waals surface area (Å²) in [6.45, 7) is 5.48. The summed E-state index contributed by atoms with van der Waals surface area (Å²) in [6.07, 6.45) is 0. The molecular formula is C13H21IN4O. The number of nitrogens with zero attached hydrogens (tertiary/aromatic N) is 1. The fourth-order valence-electron chi connectivity index (χ4n) is 1.32. The quantitative estimate of drug-likeness (QED) is 0.413. The molecule has 0 saturated carbocycles. The van der Waals surface area contributed by atoms with E-state index in [1.807, 2.05) is 12.1 Å². The zero-order chi connectivity index (χ0) is 13.5. The summed E-state index contributed by atoms with van der Waals surface area (Å²) in [4.78, 5) is 15.1. The van der Waals surface area contributed by atoms with Crippen LogP contribution in [0.1, 0.15) is 29.8 Å². The Morgan fingerprint density at radius 3 is 2.32 bits per heavy atom. The average Bonchev–Trinajstić information content (AvgIpc) is 2.34. The van der Waals surface area contributed by atoms with Gasteiger partial charge in [-0.1, -0.05) is 26.0 Å². The molecule has 0 aromatic heterocycles. The van der Waals surface area contributed by atoms with Crippen LogP contribution in [-0.2, 0) is 6.54 Å². The van der Waals surface area contributed by atoms with Gasteiger partial charge in [0.1, 0.15) is 0 Å². The van der Waals surface area contributed by atoms with E-state index < -0.39 is 5.91 Å². The van der Waals surface area contributed by atoms with E-state index in [4.69, 9.17) is 11.5 Å². The van der Waals surface area contributed by atoms with Gasteiger partial charge in [-0.3, -0.25) is 4.79 Å². The van der Waals surface area contributed by atoms with Gasteiger partial charge in [-0.25, -0.2) is 4.99 Å². The summed E-state index contributed by atoms with van der Waals surface area (Å²) in [5.74, 6) is 0.527. The van der Waals surface area contributed by atoms with Crippen LogP contribution in [-0.4, -0.2) is 18.4 Å². The van der Waals surface area contributed by atoms with Gasteiger partial charge in [0, 0.05) is 12.1 Å². The Morgan fingerprint density at radius 1 is 1.26 bits per heavy atom. The van der Waals surface area contributed by atoms with E-state index >= 15 is 0 Å². The third-order valence-electron chi connectivity index (χ3n) is 2.36. The zero-order valence-electron chi connectivity index (χ0n) is 11.2. The largest absolute Gasteiger partial charge is 0.370 e. The minimum absolute atomic E-state index is 0. The van der Waals surface area contributed by atoms with E-state index in [-0.39, 0.29) is 24.0 Å². The van der Waals surface area contributed by atoms with Crippen molar-refractivity contribution >= 4 is 35.8 Å². The van der Waals surface area contributed by atoms with Crippen molar-refractivity contribution in [3.63, 3.8) is 0 Å². The molecule has 0 atom stereocenters. The lowest BCUT2D eigenvalue weighted by Crippen LogP contribution is -2.34. The van der Waals surface area contributed by atoms with Crippen LogP contribution in [0.2, 0.25) is 0 Å². The highest BCUT2D eigenvalue weighted by molar-refractivity contribution is 14.0. The number of carbonyl (C=O) groups is 1. The van der Waals surface area contributed by atoms with Crippen molar-refractivity contribution in [1.82, 2.24) is 5.32 Å². The molecule has 106 valence electrons. The summed E-state index contributed by atoms with van der Waals surface area (Å²) in [6, 6.07) is 7.01. The molecule has 1 rings (SSSR count). The van der Waals surface area contributed by atoms with Gasteiger partial charge in [-0.05, 0) is 23.6 Å². The van der Waals surface area contributed by atoms with Crippen molar-refractivity contribution in [3.8, 4) is 0 Å². The highest BCUT2D eigenvalue weighted by Crippen LogP contribution is 2.04. The number of nitrogens with two attached hydrogens (primary N) is 2. The molecule has 0 saturated heterocycles. The number of guanidine groups is 1. The standard InChI is InChI=1S/C13H20N4O.HI/c1-9(2)7-16-13(15)17-8-10-3-5-11(6-4-10)12(14)18;/h3-6,9H,7-8H2,1-2H3,(H2,14,18)(H3,15,16,17);1H. The number of aliphatic imine (C=N–C) groups is 1. The van der Waals surface area contributed by atoms with Gasteiger partial charge < -0.3 is 16.8 Å². The van der Waals surface area contributed by atoms with Gasteiger partial charge in [0.25, 0.3) is 0 Å². The SMILES string of the molecule is CC(C)CNC(N)=NCc1ccc(C(N)=O)cc1.I. The zero-order valence-corrected chi connectivity index (χ0v) is 13.5. The molecule has 0 spiro atoms. The number of hydrogen-bond acceptors (Lipinski definition) is 2. The van der Waals surface area contributed by atoms with E-state index in [0.29, 0.717) is 24.0 Å². The molecule has 0 radical (unpaired) electrons. The second-order valence-electron chi connectivity index (χ2n) is 4.54. The third kappa shape index (κ3) is 7.00. The lowest BCUT2D eigenvalue weighted by Gasteiger charge is -2.07. The van der Waals surface area contributed by atoms with Crippen LogP contribution in [0.25, 0.3) is 0 Å². The minimum Gasteiger partial charge on any atom is -0.370 e. The Hall–Kier alpha value is -1.31. The normalized spacial score (nSPS) is 11.0. The van der Waals surface area contributed by atoms with Crippen molar-refractivity contribution in [1.29, 1.82) is 0 Å². The predicted octanol–water partition coefficient (Wildman–Crippen LogP) is 1.46. The van der Waals surface area contributed by atoms with E-state index in [1.165, 1.54) is 0 Å². The maximum atomic E-state index is 10.9. The fraction of sp³-hybridized carbons (Fsp3) is 0.385. The first-order chi connectivity index (χ1) is 8.49. The van der Waals surface area contributed by atoms with Crippen LogP contribution in [0.5, 0.6) is 0 Å². The third-order valence-corrected chi connectivity index (χ3v) is 2.36. The van der Waals surface area contributed by atoms with Gasteiger partial charge >= 0.3 is 0 Å². The molecule has 0 bridgehead atoms. The molecule has 19 heavy (non-hydrogen) atoms. The van der Waals surface area contributed by atoms with Crippen LogP contribution in [0, 0.1) is 5.92 Å². The van der Waals surface area contributed by atoms with Crippen LogP contribution >= 0.6 is 24.0 Å². The van der Waals surface area contributed by atoms with Crippen LogP contribution in [0.15, 0.2) is 29.3 Å². The lowest BCUT2D eigenvalue weighted by molar-refractivity contribution is 0.100. The first-order valence-corrected chi connectivity index (χ1v) is 5.91. The Kier molecular flexibility index (Phi) is 8.13. The highest BCUT2D eigenvalue weighted by atomic mass is 127. The summed E-state index contributed by atoms with van der Waals surface area (Å²) < 4.78 is 0. The summed E-state index contributed by atoms with van der Waals surface area (Å²) in [7, 11) is 0. The summed E-state index contributed by atoms with van der Waals surface area (Å²) in [5.41, 5.74) is 12.3. The van der Waals surface area contributed by atoms with Crippen LogP contribution < -0.4 is 16.8 Å². The Balaban J connectivity index is 0.00000324. The number of benzene rings is 1. The van der Waals surface area contributed by atoms with Gasteiger partial charge in [0.15, 0.2) is 5.96 Å². The highest BCUT2D eigenvalue weighted by Gasteiger charge is 1.99. The number of primary amides is 1. The summed E-state index contributed by atoms with van der Waals surface area (Å²) >= 11 is 0. The van der Waals surface area contributed by atoms with Gasteiger partial charge in [0.2, 0.25) is 5.91 Å². The molecule has 1 aromatic carbocycles. The molecule has 0 heterocycles. The number of hydrogen-bond donors (Lipinski definition) is 3. The minimum atomic E-state index is -0.428. The maximum absolute atomic E-state index is 10.9. The van der Waals surface area contributed by atoms with Crippen LogP contribution in [0.4, 0.5) is 0 Å². The molecule has 5 nitrogen and oxygen atoms in total. The number of carbonyl (C=O) groups excluding carboxylic acids is 1. The monoisotopic (exact) mass is 376 g/mol. The van der Waals surface area contributed by atoms with Crippen molar-refractivity contribution < 1.29 is 4.79 Å². The summed E-state index contributed by atoms with van der Waals surface area (Å²) in [5, 5.41) is 3.04. The first kappa shape index (κ1) is 17.7. The molecule has 1 aromatic rings. The van der Waals surface area contributed by atoms with Gasteiger partial charge in [-0.2, -0.15) is 0 Å². The molecule has 0 aliphatic carbocycles. The molecule has 6 heteroatoms. The number of rotatable bonds is 5. The molecule has 0 aliphatic heterocycles. The smallest absolute Gasteiger partial charge is 0.248 e. The fourth-order valence-corrected chi connectivity index (χ4v) is 1.32. The lowest BCUT2D eigenvalue weighted by atomic mass is 10.1. The molecule has 5 N–H and O–H groups in total. The second-order valence-corrected chi connectivity index (χ2v) is 4.54. The van der Waals surface area contributed by atoms with E-state index in [9.17, 15) is 4.79 Å². The second kappa shape index (κ2) is 8.73. The number of nitrogens with one attached hydrogen (secondary N) is 1. The molecule has 0 aliphatic rings.